The van der Waals surface area contributed by atoms with E-state index in [2.05, 4.69) is 5.32 Å². The van der Waals surface area contributed by atoms with Crippen molar-refractivity contribution in [3.05, 3.63) is 33.8 Å². The molecule has 20 heavy (non-hydrogen) atoms. The Hall–Kier alpha value is -1.34. The number of aliphatic hydroxyl groups excluding tert-OH is 1. The largest absolute Gasteiger partial charge is 0.473 e. The van der Waals surface area contributed by atoms with Crippen molar-refractivity contribution in [1.29, 1.82) is 0 Å². The zero-order valence-corrected chi connectivity index (χ0v) is 12.1. The van der Waals surface area contributed by atoms with Crippen molar-refractivity contribution >= 4 is 35.1 Å². The zero-order chi connectivity index (χ0) is 15.7. The number of nitrogens with one attached hydrogen (secondary N) is 1. The molecular formula is C12H15Cl2NO5. The number of halogens is 2. The monoisotopic (exact) mass is 323 g/mol. The molecule has 1 aromatic carbocycles. The van der Waals surface area contributed by atoms with Gasteiger partial charge in [-0.25, -0.2) is 9.59 Å². The lowest BCUT2D eigenvalue weighted by Crippen LogP contribution is -2.23. The van der Waals surface area contributed by atoms with Gasteiger partial charge in [0.1, 0.15) is 0 Å². The molecule has 0 bridgehead atoms. The van der Waals surface area contributed by atoms with Gasteiger partial charge in [0.2, 0.25) is 0 Å². The molecule has 0 aliphatic rings. The Labute approximate surface area is 125 Å². The van der Waals surface area contributed by atoms with Gasteiger partial charge in [-0.2, -0.15) is 0 Å². The normalized spacial score (nSPS) is 11.2. The molecule has 8 heteroatoms. The maximum Gasteiger partial charge on any atom is 0.414 e. The van der Waals surface area contributed by atoms with Gasteiger partial charge in [0.25, 0.3) is 0 Å². The first-order chi connectivity index (χ1) is 9.23. The van der Waals surface area contributed by atoms with E-state index in [1.807, 2.05) is 6.07 Å². The van der Waals surface area contributed by atoms with Crippen LogP contribution in [0.1, 0.15) is 12.5 Å². The number of aliphatic hydroxyl groups is 1. The third-order valence-corrected chi connectivity index (χ3v) is 2.54. The molecule has 0 saturated heterocycles. The van der Waals surface area contributed by atoms with Crippen molar-refractivity contribution in [1.82, 2.24) is 5.32 Å². The van der Waals surface area contributed by atoms with Crippen LogP contribution >= 0.6 is 23.2 Å². The van der Waals surface area contributed by atoms with Crippen molar-refractivity contribution in [2.24, 2.45) is 0 Å². The van der Waals surface area contributed by atoms with E-state index < -0.39 is 11.9 Å². The molecular weight excluding hydrogens is 309 g/mol. The Morgan fingerprint density at radius 1 is 1.25 bits per heavy atom. The van der Waals surface area contributed by atoms with Crippen molar-refractivity contribution in [3.63, 3.8) is 0 Å². The molecule has 0 spiro atoms. The number of benzene rings is 1. The van der Waals surface area contributed by atoms with Crippen LogP contribution in [-0.2, 0) is 16.1 Å². The standard InChI is InChI=1S/C10H13Cl2NO.C2H2O4/c1-7(14)5-13-6-8-2-3-9(11)4-10(8)12;3-1(4)2(5)6/h2-4,7,13-14H,5-6H2,1H3;(H,3,4)(H,5,6). The van der Waals surface area contributed by atoms with Crippen LogP contribution in [0.3, 0.4) is 0 Å². The fraction of sp³-hybridized carbons (Fsp3) is 0.333. The van der Waals surface area contributed by atoms with Gasteiger partial charge in [0, 0.05) is 23.1 Å². The van der Waals surface area contributed by atoms with Gasteiger partial charge in [-0.15, -0.1) is 0 Å². The smallest absolute Gasteiger partial charge is 0.414 e. The van der Waals surface area contributed by atoms with Crippen LogP contribution in [0.15, 0.2) is 18.2 Å². The van der Waals surface area contributed by atoms with Gasteiger partial charge in [0.05, 0.1) is 6.10 Å². The predicted octanol–water partition coefficient (Wildman–Crippen LogP) is 1.62. The third-order valence-electron chi connectivity index (χ3n) is 1.95. The number of carboxylic acid groups (broad SMARTS) is 2. The van der Waals surface area contributed by atoms with E-state index in [-0.39, 0.29) is 6.10 Å². The molecule has 0 aromatic heterocycles. The van der Waals surface area contributed by atoms with Gasteiger partial charge < -0.3 is 20.6 Å². The van der Waals surface area contributed by atoms with E-state index in [1.54, 1.807) is 19.1 Å². The third kappa shape index (κ3) is 8.71. The highest BCUT2D eigenvalue weighted by Gasteiger charge is 2.04. The van der Waals surface area contributed by atoms with E-state index in [0.29, 0.717) is 23.1 Å². The van der Waals surface area contributed by atoms with Gasteiger partial charge in [-0.1, -0.05) is 29.3 Å². The summed E-state index contributed by atoms with van der Waals surface area (Å²) in [6.45, 7) is 2.93. The fourth-order valence-electron chi connectivity index (χ4n) is 1.08. The van der Waals surface area contributed by atoms with Crippen molar-refractivity contribution < 1.29 is 24.9 Å². The average Bonchev–Trinajstić information content (AvgIpc) is 2.32. The van der Waals surface area contributed by atoms with Gasteiger partial charge in [0.15, 0.2) is 0 Å². The average molecular weight is 324 g/mol. The molecule has 6 nitrogen and oxygen atoms in total. The summed E-state index contributed by atoms with van der Waals surface area (Å²) in [7, 11) is 0. The summed E-state index contributed by atoms with van der Waals surface area (Å²) in [5, 5.41) is 28.2. The number of rotatable bonds is 4. The minimum absolute atomic E-state index is 0.346. The Bertz CT molecular complexity index is 453. The second kappa shape index (κ2) is 9.55. The van der Waals surface area contributed by atoms with Crippen molar-refractivity contribution in [2.75, 3.05) is 6.54 Å². The van der Waals surface area contributed by atoms with Crippen LogP contribution in [0.25, 0.3) is 0 Å². The molecule has 0 aliphatic heterocycles. The Balaban J connectivity index is 0.000000511. The van der Waals surface area contributed by atoms with Crippen molar-refractivity contribution in [3.8, 4) is 0 Å². The highest BCUT2D eigenvalue weighted by atomic mass is 35.5. The second-order valence-electron chi connectivity index (χ2n) is 3.83. The van der Waals surface area contributed by atoms with Crippen LogP contribution in [-0.4, -0.2) is 39.9 Å². The Kier molecular flexibility index (Phi) is 8.91. The number of carbonyl (C=O) groups is 2. The lowest BCUT2D eigenvalue weighted by atomic mass is 10.2. The number of hydrogen-bond donors (Lipinski definition) is 4. The van der Waals surface area contributed by atoms with Crippen molar-refractivity contribution in [2.45, 2.75) is 19.6 Å². The van der Waals surface area contributed by atoms with Gasteiger partial charge in [-0.3, -0.25) is 0 Å². The first kappa shape index (κ1) is 18.7. The second-order valence-corrected chi connectivity index (χ2v) is 4.67. The molecule has 1 aromatic rings. The Morgan fingerprint density at radius 2 is 1.80 bits per heavy atom. The van der Waals surface area contributed by atoms with Crippen LogP contribution < -0.4 is 5.32 Å². The van der Waals surface area contributed by atoms with E-state index in [4.69, 9.17) is 48.1 Å². The molecule has 4 N–H and O–H groups in total. The maximum atomic E-state index is 9.10. The fourth-order valence-corrected chi connectivity index (χ4v) is 1.56. The van der Waals surface area contributed by atoms with E-state index >= 15 is 0 Å². The number of hydrogen-bond acceptors (Lipinski definition) is 4. The van der Waals surface area contributed by atoms with Crippen LogP contribution in [0, 0.1) is 0 Å². The molecule has 0 saturated carbocycles. The number of carboxylic acids is 2. The highest BCUT2D eigenvalue weighted by molar-refractivity contribution is 6.35. The zero-order valence-electron chi connectivity index (χ0n) is 10.6. The predicted molar refractivity (Wildman–Crippen MR) is 75.1 cm³/mol. The lowest BCUT2D eigenvalue weighted by molar-refractivity contribution is -0.159. The molecule has 0 aliphatic carbocycles. The summed E-state index contributed by atoms with van der Waals surface area (Å²) >= 11 is 11.7. The minimum Gasteiger partial charge on any atom is -0.473 e. The summed E-state index contributed by atoms with van der Waals surface area (Å²) in [5.74, 6) is -3.65. The van der Waals surface area contributed by atoms with E-state index in [9.17, 15) is 0 Å². The summed E-state index contributed by atoms with van der Waals surface area (Å²) < 4.78 is 0. The topological polar surface area (TPSA) is 107 Å². The summed E-state index contributed by atoms with van der Waals surface area (Å²) in [6.07, 6.45) is -0.346. The quantitative estimate of drug-likeness (QED) is 0.627. The molecule has 1 rings (SSSR count). The molecule has 0 radical (unpaired) electrons. The summed E-state index contributed by atoms with van der Waals surface area (Å²) in [4.78, 5) is 18.2. The first-order valence-electron chi connectivity index (χ1n) is 5.53. The number of aliphatic carboxylic acids is 2. The van der Waals surface area contributed by atoms with E-state index in [0.717, 1.165) is 5.56 Å². The lowest BCUT2D eigenvalue weighted by Gasteiger charge is -2.08. The minimum atomic E-state index is -1.82. The molecule has 0 amide bonds. The maximum absolute atomic E-state index is 9.10. The molecule has 0 fully saturated rings. The summed E-state index contributed by atoms with van der Waals surface area (Å²) in [5.41, 5.74) is 0.983. The Morgan fingerprint density at radius 3 is 2.20 bits per heavy atom. The molecule has 0 heterocycles. The highest BCUT2D eigenvalue weighted by Crippen LogP contribution is 2.20. The SMILES string of the molecule is CC(O)CNCc1ccc(Cl)cc1Cl.O=C(O)C(=O)O. The summed E-state index contributed by atoms with van der Waals surface area (Å²) in [6, 6.07) is 5.38. The van der Waals surface area contributed by atoms with Crippen LogP contribution in [0.2, 0.25) is 10.0 Å². The van der Waals surface area contributed by atoms with Crippen LogP contribution in [0.5, 0.6) is 0 Å². The first-order valence-corrected chi connectivity index (χ1v) is 6.28. The van der Waals surface area contributed by atoms with Crippen LogP contribution in [0.4, 0.5) is 0 Å². The molecule has 1 atom stereocenters. The van der Waals surface area contributed by atoms with Gasteiger partial charge in [-0.05, 0) is 24.6 Å². The molecule has 112 valence electrons. The van der Waals surface area contributed by atoms with E-state index in [1.165, 1.54) is 0 Å². The van der Waals surface area contributed by atoms with Gasteiger partial charge >= 0.3 is 11.9 Å². The molecule has 1 unspecified atom stereocenters.